The van der Waals surface area contributed by atoms with Gasteiger partial charge in [0, 0.05) is 33.4 Å². The molecule has 0 spiro atoms. The van der Waals surface area contributed by atoms with Gasteiger partial charge in [0.2, 0.25) is 0 Å². The molecular formula is C13H24N2O4. The molecule has 110 valence electrons. The quantitative estimate of drug-likeness (QED) is 0.790. The van der Waals surface area contributed by atoms with Crippen LogP contribution in [0.15, 0.2) is 0 Å². The molecule has 1 aliphatic heterocycles. The fourth-order valence-corrected chi connectivity index (χ4v) is 2.40. The molecule has 0 radical (unpaired) electrons. The minimum Gasteiger partial charge on any atom is -0.480 e. The first-order valence-electron chi connectivity index (χ1n) is 6.83. The number of carbonyl (C=O) groups is 2. The lowest BCUT2D eigenvalue weighted by Crippen LogP contribution is -2.48. The molecule has 0 unspecified atom stereocenters. The third-order valence-electron chi connectivity index (χ3n) is 3.38. The third-order valence-corrected chi connectivity index (χ3v) is 3.38. The Labute approximate surface area is 114 Å². The highest BCUT2D eigenvalue weighted by Gasteiger charge is 2.26. The summed E-state index contributed by atoms with van der Waals surface area (Å²) in [5.74, 6) is -0.454. The summed E-state index contributed by atoms with van der Waals surface area (Å²) in [6.07, 6.45) is 2.61. The van der Waals surface area contributed by atoms with Crippen LogP contribution in [0.2, 0.25) is 0 Å². The van der Waals surface area contributed by atoms with Gasteiger partial charge in [-0.15, -0.1) is 0 Å². The second-order valence-corrected chi connectivity index (χ2v) is 4.98. The van der Waals surface area contributed by atoms with E-state index < -0.39 is 5.97 Å². The predicted octanol–water partition coefficient (Wildman–Crippen LogP) is 1.26. The fourth-order valence-electron chi connectivity index (χ4n) is 2.40. The lowest BCUT2D eigenvalue weighted by Gasteiger charge is -2.35. The van der Waals surface area contributed by atoms with E-state index in [-0.39, 0.29) is 12.6 Å². The summed E-state index contributed by atoms with van der Waals surface area (Å²) in [4.78, 5) is 26.2. The van der Waals surface area contributed by atoms with Crippen LogP contribution in [-0.2, 0) is 9.53 Å². The molecule has 19 heavy (non-hydrogen) atoms. The summed E-state index contributed by atoms with van der Waals surface area (Å²) in [5.41, 5.74) is 0. The molecule has 0 saturated carbocycles. The molecule has 0 aromatic carbocycles. The van der Waals surface area contributed by atoms with E-state index in [1.807, 2.05) is 6.92 Å². The number of nitrogens with zero attached hydrogens (tertiary/aromatic N) is 2. The highest BCUT2D eigenvalue weighted by molar-refractivity contribution is 5.80. The average Bonchev–Trinajstić information content (AvgIpc) is 2.38. The maximum atomic E-state index is 12.2. The van der Waals surface area contributed by atoms with Gasteiger partial charge in [-0.05, 0) is 25.2 Å². The molecule has 0 aromatic rings. The molecule has 6 heteroatoms. The predicted molar refractivity (Wildman–Crippen MR) is 71.1 cm³/mol. The molecule has 0 atom stereocenters. The average molecular weight is 272 g/mol. The molecule has 0 bridgehead atoms. The first kappa shape index (κ1) is 15.8. The normalized spacial score (nSPS) is 16.4. The third kappa shape index (κ3) is 5.06. The van der Waals surface area contributed by atoms with Crippen molar-refractivity contribution in [3.05, 3.63) is 0 Å². The monoisotopic (exact) mass is 272 g/mol. The summed E-state index contributed by atoms with van der Waals surface area (Å²) in [5, 5.41) is 8.84. The molecule has 0 aliphatic carbocycles. The molecular weight excluding hydrogens is 248 g/mol. The number of methoxy groups -OCH3 is 1. The molecule has 1 saturated heterocycles. The van der Waals surface area contributed by atoms with Gasteiger partial charge >= 0.3 is 12.0 Å². The number of likely N-dealkylation sites (tertiary alicyclic amines) is 1. The topological polar surface area (TPSA) is 70.1 Å². The molecule has 1 aliphatic rings. The van der Waals surface area contributed by atoms with E-state index in [1.54, 1.807) is 12.0 Å². The molecule has 2 amide bonds. The first-order chi connectivity index (χ1) is 9.08. The van der Waals surface area contributed by atoms with Crippen LogP contribution < -0.4 is 0 Å². The Hall–Kier alpha value is -1.30. The molecule has 1 fully saturated rings. The van der Waals surface area contributed by atoms with Gasteiger partial charge in [0.05, 0.1) is 0 Å². The Morgan fingerprint density at radius 1 is 1.37 bits per heavy atom. The molecule has 6 nitrogen and oxygen atoms in total. The van der Waals surface area contributed by atoms with Crippen molar-refractivity contribution in [3.8, 4) is 0 Å². The minimum absolute atomic E-state index is 0.153. The van der Waals surface area contributed by atoms with Crippen LogP contribution in [0.5, 0.6) is 0 Å². The summed E-state index contributed by atoms with van der Waals surface area (Å²) in [6.45, 7) is 4.32. The van der Waals surface area contributed by atoms with E-state index in [2.05, 4.69) is 0 Å². The number of rotatable bonds is 6. The highest BCUT2D eigenvalue weighted by Crippen LogP contribution is 2.18. The van der Waals surface area contributed by atoms with Crippen molar-refractivity contribution in [2.24, 2.45) is 5.92 Å². The smallest absolute Gasteiger partial charge is 0.323 e. The van der Waals surface area contributed by atoms with E-state index in [9.17, 15) is 9.59 Å². The maximum Gasteiger partial charge on any atom is 0.323 e. The van der Waals surface area contributed by atoms with Gasteiger partial charge in [-0.25, -0.2) is 4.79 Å². The zero-order chi connectivity index (χ0) is 14.3. The minimum atomic E-state index is -0.962. The standard InChI is InChI=1S/C13H24N2O4/c1-3-6-15(9-12(16)17)13(18)14-7-4-11(5-8-14)10-19-2/h11H,3-10H2,1-2H3,(H,16,17). The lowest BCUT2D eigenvalue weighted by molar-refractivity contribution is -0.137. The first-order valence-corrected chi connectivity index (χ1v) is 6.83. The van der Waals surface area contributed by atoms with E-state index in [0.29, 0.717) is 25.6 Å². The van der Waals surface area contributed by atoms with Crippen molar-refractivity contribution in [1.29, 1.82) is 0 Å². The number of carbonyl (C=O) groups excluding carboxylic acids is 1. The second-order valence-electron chi connectivity index (χ2n) is 4.98. The van der Waals surface area contributed by atoms with Gasteiger partial charge in [0.1, 0.15) is 6.54 Å². The second kappa shape index (κ2) is 7.99. The Morgan fingerprint density at radius 2 is 2.00 bits per heavy atom. The van der Waals surface area contributed by atoms with Gasteiger partial charge in [-0.3, -0.25) is 4.79 Å². The Morgan fingerprint density at radius 3 is 2.47 bits per heavy atom. The van der Waals surface area contributed by atoms with Crippen LogP contribution in [-0.4, -0.2) is 66.8 Å². The summed E-state index contributed by atoms with van der Waals surface area (Å²) >= 11 is 0. The van der Waals surface area contributed by atoms with Crippen molar-refractivity contribution in [2.75, 3.05) is 39.9 Å². The van der Waals surface area contributed by atoms with Crippen LogP contribution in [0.25, 0.3) is 0 Å². The number of carboxylic acids is 1. The van der Waals surface area contributed by atoms with Gasteiger partial charge < -0.3 is 19.6 Å². The maximum absolute atomic E-state index is 12.2. The number of hydrogen-bond acceptors (Lipinski definition) is 3. The van der Waals surface area contributed by atoms with Gasteiger partial charge in [0.25, 0.3) is 0 Å². The van der Waals surface area contributed by atoms with Gasteiger partial charge in [-0.1, -0.05) is 6.92 Å². The number of piperidine rings is 1. The summed E-state index contributed by atoms with van der Waals surface area (Å²) in [7, 11) is 1.69. The lowest BCUT2D eigenvalue weighted by atomic mass is 9.98. The number of hydrogen-bond donors (Lipinski definition) is 1. The Bertz CT molecular complexity index is 301. The van der Waals surface area contributed by atoms with Crippen molar-refractivity contribution in [2.45, 2.75) is 26.2 Å². The van der Waals surface area contributed by atoms with Crippen LogP contribution in [0.1, 0.15) is 26.2 Å². The van der Waals surface area contributed by atoms with Crippen molar-refractivity contribution >= 4 is 12.0 Å². The fraction of sp³-hybridized carbons (Fsp3) is 0.846. The zero-order valence-electron chi connectivity index (χ0n) is 11.8. The molecule has 1 N–H and O–H groups in total. The molecule has 0 aromatic heterocycles. The number of amides is 2. The van der Waals surface area contributed by atoms with Crippen LogP contribution >= 0.6 is 0 Å². The molecule has 1 rings (SSSR count). The molecule has 1 heterocycles. The number of ether oxygens (including phenoxy) is 1. The SMILES string of the molecule is CCCN(CC(=O)O)C(=O)N1CCC(COC)CC1. The van der Waals surface area contributed by atoms with E-state index in [4.69, 9.17) is 9.84 Å². The number of carboxylic acid groups (broad SMARTS) is 1. The number of urea groups is 1. The van der Waals surface area contributed by atoms with E-state index in [1.165, 1.54) is 4.90 Å². The summed E-state index contributed by atoms with van der Waals surface area (Å²) < 4.78 is 5.12. The Kier molecular flexibility index (Phi) is 6.62. The van der Waals surface area contributed by atoms with E-state index in [0.717, 1.165) is 25.9 Å². The van der Waals surface area contributed by atoms with Crippen LogP contribution in [0.3, 0.4) is 0 Å². The van der Waals surface area contributed by atoms with Crippen LogP contribution in [0.4, 0.5) is 4.79 Å². The number of aliphatic carboxylic acids is 1. The Balaban J connectivity index is 2.49. The zero-order valence-corrected chi connectivity index (χ0v) is 11.8. The van der Waals surface area contributed by atoms with Gasteiger partial charge in [0.15, 0.2) is 0 Å². The van der Waals surface area contributed by atoms with Crippen LogP contribution in [0, 0.1) is 5.92 Å². The van der Waals surface area contributed by atoms with Crippen molar-refractivity contribution < 1.29 is 19.4 Å². The largest absolute Gasteiger partial charge is 0.480 e. The van der Waals surface area contributed by atoms with Gasteiger partial charge in [-0.2, -0.15) is 0 Å². The highest BCUT2D eigenvalue weighted by atomic mass is 16.5. The summed E-state index contributed by atoms with van der Waals surface area (Å²) in [6, 6.07) is -0.153. The van der Waals surface area contributed by atoms with Crippen molar-refractivity contribution in [3.63, 3.8) is 0 Å². The van der Waals surface area contributed by atoms with E-state index >= 15 is 0 Å². The van der Waals surface area contributed by atoms with Crippen molar-refractivity contribution in [1.82, 2.24) is 9.80 Å².